The number of amides is 3. The fourth-order valence-electron chi connectivity index (χ4n) is 2.17. The molecule has 0 unspecified atom stereocenters. The smallest absolute Gasteiger partial charge is 0.312 e. The maximum absolute atomic E-state index is 12.3. The molecule has 0 aliphatic carbocycles. The third kappa shape index (κ3) is 5.39. The summed E-state index contributed by atoms with van der Waals surface area (Å²) in [6.45, 7) is 3.64. The van der Waals surface area contributed by atoms with Gasteiger partial charge in [0.15, 0.2) is 0 Å². The van der Waals surface area contributed by atoms with Gasteiger partial charge >= 0.3 is 6.03 Å². The first-order chi connectivity index (χ1) is 11.9. The number of benzene rings is 2. The van der Waals surface area contributed by atoms with E-state index in [1.807, 2.05) is 26.0 Å². The summed E-state index contributed by atoms with van der Waals surface area (Å²) in [6, 6.07) is 12.5. The van der Waals surface area contributed by atoms with Gasteiger partial charge in [-0.1, -0.05) is 37.6 Å². The Balaban J connectivity index is 2.03. The molecule has 132 valence electrons. The van der Waals surface area contributed by atoms with Crippen molar-refractivity contribution >= 4 is 29.2 Å². The lowest BCUT2D eigenvalue weighted by Crippen LogP contribution is -2.49. The van der Waals surface area contributed by atoms with Crippen molar-refractivity contribution in [3.05, 3.63) is 53.6 Å². The predicted molar refractivity (Wildman–Crippen MR) is 97.9 cm³/mol. The highest BCUT2D eigenvalue weighted by Gasteiger charge is 2.23. The van der Waals surface area contributed by atoms with Gasteiger partial charge in [0, 0.05) is 5.69 Å². The standard InChI is InChI=1S/C18H20ClN3O3/c1-11(2)16(22-18(20)24)17(23)21-12-7-9-13(10-8-12)25-15-6-4-3-5-14(15)19/h3-11,16H,1-2H3,(H,21,23)(H3,20,22,24)/t16-/m1/s1. The third-order valence-electron chi connectivity index (χ3n) is 3.43. The zero-order valence-corrected chi connectivity index (χ0v) is 14.7. The van der Waals surface area contributed by atoms with Gasteiger partial charge in [0.1, 0.15) is 17.5 Å². The Labute approximate surface area is 151 Å². The van der Waals surface area contributed by atoms with Crippen LogP contribution in [0.2, 0.25) is 5.02 Å². The van der Waals surface area contributed by atoms with Crippen LogP contribution in [0.15, 0.2) is 48.5 Å². The first-order valence-corrected chi connectivity index (χ1v) is 8.14. The van der Waals surface area contributed by atoms with Gasteiger partial charge in [-0.05, 0) is 42.3 Å². The van der Waals surface area contributed by atoms with Gasteiger partial charge in [-0.2, -0.15) is 0 Å². The van der Waals surface area contributed by atoms with Gasteiger partial charge in [-0.3, -0.25) is 4.79 Å². The van der Waals surface area contributed by atoms with Gasteiger partial charge in [0.25, 0.3) is 0 Å². The second-order valence-corrected chi connectivity index (χ2v) is 6.18. The normalized spacial score (nSPS) is 11.7. The number of ether oxygens (including phenoxy) is 1. The van der Waals surface area contributed by atoms with Crippen molar-refractivity contribution in [3.63, 3.8) is 0 Å². The maximum atomic E-state index is 12.3. The number of primary amides is 1. The molecule has 0 aromatic heterocycles. The summed E-state index contributed by atoms with van der Waals surface area (Å²) >= 11 is 6.05. The Morgan fingerprint density at radius 1 is 1.08 bits per heavy atom. The molecule has 0 fully saturated rings. The summed E-state index contributed by atoms with van der Waals surface area (Å²) in [4.78, 5) is 23.3. The van der Waals surface area contributed by atoms with Gasteiger partial charge < -0.3 is 21.1 Å². The molecule has 0 radical (unpaired) electrons. The summed E-state index contributed by atoms with van der Waals surface area (Å²) in [5, 5.41) is 5.69. The van der Waals surface area contributed by atoms with Crippen LogP contribution in [0.3, 0.4) is 0 Å². The molecule has 2 aromatic carbocycles. The van der Waals surface area contributed by atoms with E-state index in [0.29, 0.717) is 22.2 Å². The maximum Gasteiger partial charge on any atom is 0.312 e. The van der Waals surface area contributed by atoms with E-state index in [4.69, 9.17) is 22.1 Å². The molecule has 7 heteroatoms. The van der Waals surface area contributed by atoms with Crippen molar-refractivity contribution in [2.75, 3.05) is 5.32 Å². The zero-order chi connectivity index (χ0) is 18.4. The van der Waals surface area contributed by atoms with Gasteiger partial charge in [0.05, 0.1) is 5.02 Å². The minimum atomic E-state index is -0.739. The molecular formula is C18H20ClN3O3. The quantitative estimate of drug-likeness (QED) is 0.731. The fourth-order valence-corrected chi connectivity index (χ4v) is 2.34. The number of nitrogens with one attached hydrogen (secondary N) is 2. The molecule has 2 rings (SSSR count). The minimum absolute atomic E-state index is 0.102. The number of hydrogen-bond donors (Lipinski definition) is 3. The van der Waals surface area contributed by atoms with E-state index in [2.05, 4.69) is 10.6 Å². The Morgan fingerprint density at radius 2 is 1.72 bits per heavy atom. The summed E-state index contributed by atoms with van der Waals surface area (Å²) in [7, 11) is 0. The molecule has 0 aliphatic rings. The molecule has 4 N–H and O–H groups in total. The minimum Gasteiger partial charge on any atom is -0.456 e. The second kappa shape index (κ2) is 8.39. The lowest BCUT2D eigenvalue weighted by Gasteiger charge is -2.20. The number of rotatable bonds is 6. The highest BCUT2D eigenvalue weighted by atomic mass is 35.5. The molecule has 25 heavy (non-hydrogen) atoms. The lowest BCUT2D eigenvalue weighted by atomic mass is 10.0. The summed E-state index contributed by atoms with van der Waals surface area (Å²) in [6.07, 6.45) is 0. The molecule has 0 bridgehead atoms. The highest BCUT2D eigenvalue weighted by molar-refractivity contribution is 6.32. The van der Waals surface area contributed by atoms with E-state index in [0.717, 1.165) is 0 Å². The van der Waals surface area contributed by atoms with Gasteiger partial charge in [0.2, 0.25) is 5.91 Å². The number of carbonyl (C=O) groups excluding carboxylic acids is 2. The average molecular weight is 362 g/mol. The molecule has 0 heterocycles. The molecule has 0 aliphatic heterocycles. The van der Waals surface area contributed by atoms with Crippen LogP contribution in [0.4, 0.5) is 10.5 Å². The number of anilines is 1. The third-order valence-corrected chi connectivity index (χ3v) is 3.75. The summed E-state index contributed by atoms with van der Waals surface area (Å²) < 4.78 is 5.69. The molecule has 0 spiro atoms. The van der Waals surface area contributed by atoms with Crippen LogP contribution in [0, 0.1) is 5.92 Å². The van der Waals surface area contributed by atoms with Crippen LogP contribution in [-0.2, 0) is 4.79 Å². The van der Waals surface area contributed by atoms with E-state index < -0.39 is 12.1 Å². The molecular weight excluding hydrogens is 342 g/mol. The molecule has 0 saturated heterocycles. The Bertz CT molecular complexity index is 747. The number of halogens is 1. The van der Waals surface area contributed by atoms with Crippen molar-refractivity contribution in [1.82, 2.24) is 5.32 Å². The van der Waals surface area contributed by atoms with Crippen LogP contribution in [-0.4, -0.2) is 18.0 Å². The SMILES string of the molecule is CC(C)[C@@H](NC(N)=O)C(=O)Nc1ccc(Oc2ccccc2Cl)cc1. The Hall–Kier alpha value is -2.73. The number of nitrogens with two attached hydrogens (primary N) is 1. The van der Waals surface area contributed by atoms with Crippen LogP contribution in [0.5, 0.6) is 11.5 Å². The Morgan fingerprint density at radius 3 is 2.28 bits per heavy atom. The van der Waals surface area contributed by atoms with E-state index in [1.165, 1.54) is 0 Å². The predicted octanol–water partition coefficient (Wildman–Crippen LogP) is 3.76. The first-order valence-electron chi connectivity index (χ1n) is 7.76. The van der Waals surface area contributed by atoms with Crippen molar-refractivity contribution in [1.29, 1.82) is 0 Å². The largest absolute Gasteiger partial charge is 0.456 e. The lowest BCUT2D eigenvalue weighted by molar-refractivity contribution is -0.118. The van der Waals surface area contributed by atoms with E-state index in [1.54, 1.807) is 36.4 Å². The highest BCUT2D eigenvalue weighted by Crippen LogP contribution is 2.29. The zero-order valence-electron chi connectivity index (χ0n) is 14.0. The molecule has 6 nitrogen and oxygen atoms in total. The van der Waals surface area contributed by atoms with Crippen molar-refractivity contribution in [3.8, 4) is 11.5 Å². The summed E-state index contributed by atoms with van der Waals surface area (Å²) in [5.41, 5.74) is 5.69. The topological polar surface area (TPSA) is 93.5 Å². The van der Waals surface area contributed by atoms with Gasteiger partial charge in [-0.15, -0.1) is 0 Å². The van der Waals surface area contributed by atoms with E-state index in [9.17, 15) is 9.59 Å². The Kier molecular flexibility index (Phi) is 6.25. The number of carbonyl (C=O) groups is 2. The van der Waals surface area contributed by atoms with Crippen molar-refractivity contribution < 1.29 is 14.3 Å². The number of urea groups is 1. The van der Waals surface area contributed by atoms with E-state index >= 15 is 0 Å². The van der Waals surface area contributed by atoms with Crippen molar-refractivity contribution in [2.45, 2.75) is 19.9 Å². The first kappa shape index (κ1) is 18.6. The molecule has 2 aromatic rings. The summed E-state index contributed by atoms with van der Waals surface area (Å²) in [5.74, 6) is 0.692. The fraction of sp³-hybridized carbons (Fsp3) is 0.222. The van der Waals surface area contributed by atoms with Crippen LogP contribution < -0.4 is 21.1 Å². The molecule has 1 atom stereocenters. The number of hydrogen-bond acceptors (Lipinski definition) is 3. The second-order valence-electron chi connectivity index (χ2n) is 5.78. The number of para-hydroxylation sites is 1. The van der Waals surface area contributed by atoms with Crippen molar-refractivity contribution in [2.24, 2.45) is 11.7 Å². The average Bonchev–Trinajstić information content (AvgIpc) is 2.56. The van der Waals surface area contributed by atoms with Crippen LogP contribution >= 0.6 is 11.6 Å². The van der Waals surface area contributed by atoms with E-state index in [-0.39, 0.29) is 11.8 Å². The molecule has 3 amide bonds. The monoisotopic (exact) mass is 361 g/mol. The van der Waals surface area contributed by atoms with Crippen LogP contribution in [0.1, 0.15) is 13.8 Å². The molecule has 0 saturated carbocycles. The van der Waals surface area contributed by atoms with Crippen LogP contribution in [0.25, 0.3) is 0 Å². The van der Waals surface area contributed by atoms with Gasteiger partial charge in [-0.25, -0.2) is 4.79 Å².